The van der Waals surface area contributed by atoms with Crippen molar-refractivity contribution >= 4 is 35.6 Å². The third-order valence-electron chi connectivity index (χ3n) is 35.4. The normalized spacial score (nSPS) is 33.8. The molecular weight excluding hydrogens is 1400 g/mol. The Balaban J connectivity index is 0.000000190. The predicted molar refractivity (Wildman–Crippen MR) is 465 cm³/mol. The summed E-state index contributed by atoms with van der Waals surface area (Å²) in [7, 11) is 0. The van der Waals surface area contributed by atoms with Gasteiger partial charge in [-0.1, -0.05) is 164 Å². The largest absolute Gasteiger partial charge is 0.459 e. The van der Waals surface area contributed by atoms with E-state index in [1.807, 2.05) is 104 Å². The summed E-state index contributed by atoms with van der Waals surface area (Å²) in [6.45, 7) is 65.1. The van der Waals surface area contributed by atoms with E-state index in [4.69, 9.17) is 23.7 Å². The lowest BCUT2D eigenvalue weighted by Gasteiger charge is -2.63. The smallest absolute Gasteiger partial charge is 0.312 e. The maximum Gasteiger partial charge on any atom is 0.312 e. The molecule has 0 N–H and O–H groups in total. The molecule has 0 heterocycles. The second-order valence-corrected chi connectivity index (χ2v) is 46.3. The van der Waals surface area contributed by atoms with E-state index in [-0.39, 0.29) is 90.3 Å². The second-order valence-electron chi connectivity index (χ2n) is 46.3. The predicted octanol–water partition coefficient (Wildman–Crippen LogP) is 27.6. The molecule has 0 aromatic heterocycles. The van der Waals surface area contributed by atoms with Gasteiger partial charge in [-0.3, -0.25) is 28.8 Å². The Bertz CT molecular complexity index is 3080. The molecular formula is C102H180O11. The van der Waals surface area contributed by atoms with Crippen molar-refractivity contribution in [2.24, 2.45) is 150 Å². The first-order valence-corrected chi connectivity index (χ1v) is 48.0. The van der Waals surface area contributed by atoms with Crippen LogP contribution in [0.1, 0.15) is 433 Å². The summed E-state index contributed by atoms with van der Waals surface area (Å²) < 4.78 is 30.1. The van der Waals surface area contributed by atoms with Crippen LogP contribution >= 0.6 is 0 Å². The van der Waals surface area contributed by atoms with E-state index in [1.54, 1.807) is 0 Å². The molecule has 654 valence electrons. The molecule has 13 aliphatic rings. The van der Waals surface area contributed by atoms with Gasteiger partial charge in [-0.05, 0) is 375 Å². The molecule has 11 nitrogen and oxygen atoms in total. The molecule has 0 saturated heterocycles. The highest BCUT2D eigenvalue weighted by Crippen LogP contribution is 2.72. The molecule has 113 heavy (non-hydrogen) atoms. The quantitative estimate of drug-likeness (QED) is 0.0488. The molecule has 11 heteroatoms. The van der Waals surface area contributed by atoms with Crippen LogP contribution < -0.4 is 0 Å². The summed E-state index contributed by atoms with van der Waals surface area (Å²) in [5.41, 5.74) is -2.61. The van der Waals surface area contributed by atoms with Crippen LogP contribution in [0.4, 0.5) is 0 Å². The molecule has 0 amide bonds. The highest BCUT2D eigenvalue weighted by Gasteiger charge is 2.70. The van der Waals surface area contributed by atoms with Gasteiger partial charge in [0, 0.05) is 17.8 Å². The van der Waals surface area contributed by atoms with Gasteiger partial charge in [-0.25, -0.2) is 0 Å². The maximum atomic E-state index is 13.0. The summed E-state index contributed by atoms with van der Waals surface area (Å²) in [4.78, 5) is 74.8. The highest BCUT2D eigenvalue weighted by atomic mass is 16.6. The lowest BCUT2D eigenvalue weighted by atomic mass is 9.41. The van der Waals surface area contributed by atoms with E-state index in [0.29, 0.717) is 52.6 Å². The minimum Gasteiger partial charge on any atom is -0.459 e. The second kappa shape index (κ2) is 38.0. The average Bonchev–Trinajstić information content (AvgIpc) is 1.53. The van der Waals surface area contributed by atoms with E-state index >= 15 is 0 Å². The van der Waals surface area contributed by atoms with Crippen LogP contribution in [0.25, 0.3) is 0 Å². The first-order chi connectivity index (χ1) is 52.3. The Hall–Kier alpha value is -2.98. The minimum absolute atomic E-state index is 0.00579. The Morgan fingerprint density at radius 2 is 0.743 bits per heavy atom. The molecule has 13 unspecified atom stereocenters. The van der Waals surface area contributed by atoms with Crippen molar-refractivity contribution in [2.75, 3.05) is 0 Å². The van der Waals surface area contributed by atoms with E-state index in [2.05, 4.69) is 111 Å². The van der Waals surface area contributed by atoms with Crippen LogP contribution in [-0.4, -0.2) is 63.6 Å². The zero-order valence-corrected chi connectivity index (χ0v) is 79.5. The molecule has 13 aliphatic carbocycles. The molecule has 10 bridgehead atoms. The number of rotatable bonds is 25. The lowest BCUT2D eigenvalue weighted by Crippen LogP contribution is -2.56. The van der Waals surface area contributed by atoms with Gasteiger partial charge in [0.15, 0.2) is 0 Å². The van der Waals surface area contributed by atoms with Crippen molar-refractivity contribution in [3.05, 3.63) is 0 Å². The van der Waals surface area contributed by atoms with Gasteiger partial charge in [0.2, 0.25) is 0 Å². The molecule has 0 aromatic rings. The van der Waals surface area contributed by atoms with Crippen LogP contribution in [0.2, 0.25) is 0 Å². The molecule has 0 radical (unpaired) electrons. The van der Waals surface area contributed by atoms with Crippen LogP contribution in [0.3, 0.4) is 0 Å². The Labute approximate surface area is 695 Å². The van der Waals surface area contributed by atoms with E-state index < -0.39 is 0 Å². The van der Waals surface area contributed by atoms with Gasteiger partial charge >= 0.3 is 29.8 Å². The fourth-order valence-corrected chi connectivity index (χ4v) is 24.0. The number of ketones is 1. The third-order valence-corrected chi connectivity index (χ3v) is 35.4. The number of hydrogen-bond acceptors (Lipinski definition) is 11. The Morgan fingerprint density at radius 3 is 1.16 bits per heavy atom. The van der Waals surface area contributed by atoms with Gasteiger partial charge in [-0.15, -0.1) is 0 Å². The van der Waals surface area contributed by atoms with E-state index in [0.717, 1.165) is 161 Å². The highest BCUT2D eigenvalue weighted by molar-refractivity contribution is 5.85. The fourth-order valence-electron chi connectivity index (χ4n) is 24.0. The number of hydrogen-bond donors (Lipinski definition) is 0. The third kappa shape index (κ3) is 21.3. The fraction of sp³-hybridized carbons (Fsp3) is 0.941. The summed E-state index contributed by atoms with van der Waals surface area (Å²) >= 11 is 0. The van der Waals surface area contributed by atoms with Crippen LogP contribution in [-0.2, 0) is 52.5 Å². The Kier molecular flexibility index (Phi) is 32.6. The summed E-state index contributed by atoms with van der Waals surface area (Å²) in [5.74, 6) is 14.9. The monoisotopic (exact) mass is 1580 g/mol. The first kappa shape index (κ1) is 97.1. The Morgan fingerprint density at radius 1 is 0.319 bits per heavy atom. The molecule has 13 saturated carbocycles. The number of Topliss-reactive ketones (excluding diaryl/α,β-unsaturated/α-hetero) is 1. The van der Waals surface area contributed by atoms with E-state index in [1.165, 1.54) is 128 Å². The zero-order valence-electron chi connectivity index (χ0n) is 79.5. The number of carbonyl (C=O) groups is 6. The zero-order chi connectivity index (χ0) is 85.0. The summed E-state index contributed by atoms with van der Waals surface area (Å²) in [6.07, 6.45) is 40.5. The molecule has 13 atom stereocenters. The number of fused-ring (bicyclic) bond motifs is 12. The first-order valence-electron chi connectivity index (χ1n) is 48.0. The number of carbonyl (C=O) groups excluding carboxylic acids is 6. The van der Waals surface area contributed by atoms with E-state index in [9.17, 15) is 28.8 Å². The standard InChI is InChI=1S/C21H34O2.C20H34O.C19H34O2.C16H28O2.C15H28O2.C11H22O2/c1-6-20(4,5)19(22)23-21(12(2)3)11-15-10-16(21)18-14-8-7-13(9-14)17(15)18;1-6-19(4,5)18(21)12-20(13(2)3)16-8-14-7-15(10-16)11-17(20)9-14;1-6-18(4,5)17(20)21-19(14(2)3)12-11-15-9-7-8-10-16(15)13-19;1-6-15(4,5)14(17)18-16(11(2)3)10-12-7-8-13(16)9-12;1-6-14(4,5)13(16)17-15(12(2)3)10-8-7-9-11-15;1-7-10(3,4)9(12)13-11(5,6)8-2/h12-18H,6-11H2,1-5H3;13-17H,6-12H2,1-5H3;14-16H,6-13H2,1-5H3;11-13H,6-10H2,1-5H3;12H,6-11H2,1-5H3;7-8H2,1-6H3. The average molecular weight is 1580 g/mol. The van der Waals surface area contributed by atoms with Gasteiger partial charge in [0.05, 0.1) is 27.1 Å². The van der Waals surface area contributed by atoms with Crippen molar-refractivity contribution in [1.29, 1.82) is 0 Å². The maximum absolute atomic E-state index is 13.0. The summed E-state index contributed by atoms with van der Waals surface area (Å²) in [5, 5.41) is 0. The molecule has 0 aliphatic heterocycles. The van der Waals surface area contributed by atoms with Crippen molar-refractivity contribution in [2.45, 2.75) is 461 Å². The molecule has 0 spiro atoms. The molecule has 0 aromatic carbocycles. The van der Waals surface area contributed by atoms with Crippen molar-refractivity contribution in [3.8, 4) is 0 Å². The minimum atomic E-state index is -0.356. The topological polar surface area (TPSA) is 149 Å². The number of ether oxygens (including phenoxy) is 5. The molecule has 13 fully saturated rings. The van der Waals surface area contributed by atoms with Gasteiger partial charge in [-0.2, -0.15) is 0 Å². The van der Waals surface area contributed by atoms with Gasteiger partial charge in [0.1, 0.15) is 33.8 Å². The van der Waals surface area contributed by atoms with Crippen LogP contribution in [0.15, 0.2) is 0 Å². The SMILES string of the molecule is CCC(C)(C)C(=O)CC1(C(C)C)C2CC3CC(C2)CC1C3.CCC(C)(C)C(=O)OC1(C(C)C)CC2CC1C1C3CCC(C3)C21.CCC(C)(C)C(=O)OC1(C(C)C)CC2CCC1C2.CCC(C)(C)C(=O)OC1(C(C)C)CCC2CCCCC2C1.CCC(C)(C)C(=O)OC1(C(C)C)CCCCC1.CCC(C)(C)OC(=O)C(C)(C)CC. The van der Waals surface area contributed by atoms with Crippen LogP contribution in [0, 0.1) is 150 Å². The number of esters is 5. The van der Waals surface area contributed by atoms with Crippen LogP contribution in [0.5, 0.6) is 0 Å². The van der Waals surface area contributed by atoms with Gasteiger partial charge in [0.25, 0.3) is 0 Å². The van der Waals surface area contributed by atoms with Crippen molar-refractivity contribution < 1.29 is 52.5 Å². The lowest BCUT2D eigenvalue weighted by molar-refractivity contribution is -0.191. The molecule has 13 rings (SSSR count). The van der Waals surface area contributed by atoms with Crippen molar-refractivity contribution in [1.82, 2.24) is 0 Å². The van der Waals surface area contributed by atoms with Crippen molar-refractivity contribution in [3.63, 3.8) is 0 Å². The van der Waals surface area contributed by atoms with Gasteiger partial charge < -0.3 is 23.7 Å². The summed E-state index contributed by atoms with van der Waals surface area (Å²) in [6, 6.07) is 0.